The number of carbonyl (C=O) groups excluding carboxylic acids is 1. The molecule has 0 bridgehead atoms. The second kappa shape index (κ2) is 9.01. The summed E-state index contributed by atoms with van der Waals surface area (Å²) in [6.07, 6.45) is 1.83. The van der Waals surface area contributed by atoms with Crippen molar-refractivity contribution in [3.8, 4) is 0 Å². The molecule has 1 aromatic heterocycles. The molecule has 1 N–H and O–H groups in total. The molecule has 0 fully saturated rings. The molecule has 23 heavy (non-hydrogen) atoms. The number of benzene rings is 1. The average molecular weight is 393 g/mol. The maximum Gasteiger partial charge on any atom is 0.234 e. The van der Waals surface area contributed by atoms with Crippen LogP contribution in [0.4, 0.5) is 0 Å². The standard InChI is InChI=1S/C18H21BrN2OS/c1-3-11-21(12-16-9-10-17(19)23-16)13-18(22)20-14(2)15-7-5-4-6-8-15/h3-10,14H,1,11-13H2,2H3,(H,20,22)/t14-/m1/s1. The Hall–Kier alpha value is -1.43. The van der Waals surface area contributed by atoms with E-state index in [4.69, 9.17) is 0 Å². The van der Waals surface area contributed by atoms with E-state index < -0.39 is 0 Å². The first-order valence-electron chi connectivity index (χ1n) is 7.50. The molecular weight excluding hydrogens is 372 g/mol. The fourth-order valence-electron chi connectivity index (χ4n) is 2.34. The highest BCUT2D eigenvalue weighted by atomic mass is 79.9. The van der Waals surface area contributed by atoms with Gasteiger partial charge < -0.3 is 5.32 Å². The lowest BCUT2D eigenvalue weighted by atomic mass is 10.1. The Morgan fingerprint density at radius 2 is 2.09 bits per heavy atom. The molecule has 2 rings (SSSR count). The second-order valence-corrected chi connectivity index (χ2v) is 7.91. The van der Waals surface area contributed by atoms with Gasteiger partial charge in [-0.05, 0) is 40.5 Å². The molecule has 1 aromatic carbocycles. The Labute approximate surface area is 150 Å². The largest absolute Gasteiger partial charge is 0.348 e. The lowest BCUT2D eigenvalue weighted by Gasteiger charge is -2.21. The van der Waals surface area contributed by atoms with Crippen LogP contribution < -0.4 is 5.32 Å². The van der Waals surface area contributed by atoms with Crippen LogP contribution >= 0.6 is 27.3 Å². The summed E-state index contributed by atoms with van der Waals surface area (Å²) in [5, 5.41) is 3.06. The third-order valence-corrected chi connectivity index (χ3v) is 5.05. The van der Waals surface area contributed by atoms with Gasteiger partial charge in [0.05, 0.1) is 16.4 Å². The molecule has 0 spiro atoms. The predicted molar refractivity (Wildman–Crippen MR) is 100 cm³/mol. The van der Waals surface area contributed by atoms with Crippen molar-refractivity contribution >= 4 is 33.2 Å². The number of rotatable bonds is 8. The monoisotopic (exact) mass is 392 g/mol. The van der Waals surface area contributed by atoms with Crippen LogP contribution in [0.15, 0.2) is 58.9 Å². The number of nitrogens with zero attached hydrogens (tertiary/aromatic N) is 1. The van der Waals surface area contributed by atoms with Crippen molar-refractivity contribution in [3.63, 3.8) is 0 Å². The molecule has 0 unspecified atom stereocenters. The Bertz CT molecular complexity index is 641. The Kier molecular flexibility index (Phi) is 7.02. The molecule has 0 saturated heterocycles. The highest BCUT2D eigenvalue weighted by Gasteiger charge is 2.14. The molecule has 1 heterocycles. The third kappa shape index (κ3) is 5.94. The van der Waals surface area contributed by atoms with Crippen molar-refractivity contribution in [2.45, 2.75) is 19.5 Å². The van der Waals surface area contributed by atoms with Crippen molar-refractivity contribution in [3.05, 3.63) is 69.3 Å². The number of amides is 1. The summed E-state index contributed by atoms with van der Waals surface area (Å²) in [5.41, 5.74) is 1.11. The smallest absolute Gasteiger partial charge is 0.234 e. The van der Waals surface area contributed by atoms with Crippen LogP contribution in [0.25, 0.3) is 0 Å². The number of hydrogen-bond acceptors (Lipinski definition) is 3. The van der Waals surface area contributed by atoms with Gasteiger partial charge in [0.25, 0.3) is 0 Å². The van der Waals surface area contributed by atoms with Gasteiger partial charge in [-0.15, -0.1) is 17.9 Å². The Balaban J connectivity index is 1.91. The molecule has 0 radical (unpaired) electrons. The highest BCUT2D eigenvalue weighted by molar-refractivity contribution is 9.11. The van der Waals surface area contributed by atoms with Crippen molar-refractivity contribution < 1.29 is 4.79 Å². The van der Waals surface area contributed by atoms with E-state index in [1.54, 1.807) is 11.3 Å². The van der Waals surface area contributed by atoms with Crippen LogP contribution in [-0.4, -0.2) is 23.9 Å². The van der Waals surface area contributed by atoms with Crippen LogP contribution in [0.3, 0.4) is 0 Å². The van der Waals surface area contributed by atoms with Gasteiger partial charge in [0.15, 0.2) is 0 Å². The molecule has 0 aliphatic heterocycles. The minimum Gasteiger partial charge on any atom is -0.348 e. The van der Waals surface area contributed by atoms with Gasteiger partial charge in [-0.2, -0.15) is 0 Å². The summed E-state index contributed by atoms with van der Waals surface area (Å²) in [4.78, 5) is 15.6. The van der Waals surface area contributed by atoms with E-state index in [2.05, 4.69) is 38.8 Å². The molecule has 122 valence electrons. The van der Waals surface area contributed by atoms with Crippen LogP contribution in [0.1, 0.15) is 23.4 Å². The SMILES string of the molecule is C=CCN(CC(=O)N[C@H](C)c1ccccc1)Cc1ccc(Br)s1. The molecule has 1 atom stereocenters. The van der Waals surface area contributed by atoms with E-state index in [9.17, 15) is 4.79 Å². The fourth-order valence-corrected chi connectivity index (χ4v) is 3.87. The molecule has 5 heteroatoms. The van der Waals surface area contributed by atoms with Gasteiger partial charge in [-0.3, -0.25) is 9.69 Å². The predicted octanol–water partition coefficient (Wildman–Crippen LogP) is 4.38. The number of carbonyl (C=O) groups is 1. The van der Waals surface area contributed by atoms with Gasteiger partial charge in [-0.25, -0.2) is 0 Å². The fraction of sp³-hybridized carbons (Fsp3) is 0.278. The molecular formula is C18H21BrN2OS. The highest BCUT2D eigenvalue weighted by Crippen LogP contribution is 2.23. The first-order valence-corrected chi connectivity index (χ1v) is 9.11. The zero-order valence-electron chi connectivity index (χ0n) is 13.2. The first-order chi connectivity index (χ1) is 11.1. The van der Waals surface area contributed by atoms with E-state index in [-0.39, 0.29) is 11.9 Å². The van der Waals surface area contributed by atoms with Crippen molar-refractivity contribution in [1.29, 1.82) is 0 Å². The number of hydrogen-bond donors (Lipinski definition) is 1. The number of thiophene rings is 1. The summed E-state index contributed by atoms with van der Waals surface area (Å²) >= 11 is 5.16. The molecule has 2 aromatic rings. The molecule has 1 amide bonds. The normalized spacial score (nSPS) is 12.1. The van der Waals surface area contributed by atoms with Crippen molar-refractivity contribution in [2.75, 3.05) is 13.1 Å². The maximum atomic E-state index is 12.3. The average Bonchev–Trinajstić information content (AvgIpc) is 2.93. The molecule has 0 aliphatic carbocycles. The van der Waals surface area contributed by atoms with Crippen LogP contribution in [0.2, 0.25) is 0 Å². The summed E-state index contributed by atoms with van der Waals surface area (Å²) in [5.74, 6) is 0.0267. The van der Waals surface area contributed by atoms with E-state index >= 15 is 0 Å². The Morgan fingerprint density at radius 3 is 2.70 bits per heavy atom. The lowest BCUT2D eigenvalue weighted by molar-refractivity contribution is -0.122. The Morgan fingerprint density at radius 1 is 1.35 bits per heavy atom. The lowest BCUT2D eigenvalue weighted by Crippen LogP contribution is -2.38. The van der Waals surface area contributed by atoms with Gasteiger partial charge in [0.1, 0.15) is 0 Å². The van der Waals surface area contributed by atoms with Crippen molar-refractivity contribution in [1.82, 2.24) is 10.2 Å². The molecule has 3 nitrogen and oxygen atoms in total. The van der Waals surface area contributed by atoms with E-state index in [1.165, 1.54) is 4.88 Å². The molecule has 0 aliphatic rings. The molecule has 0 saturated carbocycles. The van der Waals surface area contributed by atoms with Crippen molar-refractivity contribution in [2.24, 2.45) is 0 Å². The summed E-state index contributed by atoms with van der Waals surface area (Å²) in [6.45, 7) is 7.57. The topological polar surface area (TPSA) is 32.3 Å². The summed E-state index contributed by atoms with van der Waals surface area (Å²) < 4.78 is 1.10. The first kappa shape index (κ1) is 17.9. The quantitative estimate of drug-likeness (QED) is 0.676. The van der Waals surface area contributed by atoms with E-state index in [1.807, 2.05) is 49.4 Å². The summed E-state index contributed by atoms with van der Waals surface area (Å²) in [6, 6.07) is 14.1. The van der Waals surface area contributed by atoms with E-state index in [0.29, 0.717) is 13.1 Å². The zero-order valence-corrected chi connectivity index (χ0v) is 15.6. The maximum absolute atomic E-state index is 12.3. The zero-order chi connectivity index (χ0) is 16.7. The second-order valence-electron chi connectivity index (χ2n) is 5.36. The van der Waals surface area contributed by atoms with Crippen LogP contribution in [0.5, 0.6) is 0 Å². The van der Waals surface area contributed by atoms with Gasteiger partial charge in [-0.1, -0.05) is 36.4 Å². The third-order valence-electron chi connectivity index (χ3n) is 3.44. The minimum absolute atomic E-state index is 0.00478. The minimum atomic E-state index is 0.00478. The van der Waals surface area contributed by atoms with Gasteiger partial charge in [0.2, 0.25) is 5.91 Å². The number of halogens is 1. The van der Waals surface area contributed by atoms with Gasteiger partial charge in [0, 0.05) is 18.0 Å². The van der Waals surface area contributed by atoms with Gasteiger partial charge >= 0.3 is 0 Å². The van der Waals surface area contributed by atoms with E-state index in [0.717, 1.165) is 15.9 Å². The van der Waals surface area contributed by atoms with Crippen LogP contribution in [0, 0.1) is 0 Å². The number of nitrogens with one attached hydrogen (secondary N) is 1. The summed E-state index contributed by atoms with van der Waals surface area (Å²) in [7, 11) is 0. The van der Waals surface area contributed by atoms with Crippen LogP contribution in [-0.2, 0) is 11.3 Å².